The van der Waals surface area contributed by atoms with E-state index in [1.807, 2.05) is 49.4 Å². The Morgan fingerprint density at radius 1 is 1.15 bits per heavy atom. The largest absolute Gasteiger partial charge is 0.494 e. The molecule has 0 bridgehead atoms. The predicted octanol–water partition coefficient (Wildman–Crippen LogP) is 3.10. The van der Waals surface area contributed by atoms with E-state index in [4.69, 9.17) is 9.47 Å². The lowest BCUT2D eigenvalue weighted by Crippen LogP contribution is -2.00. The summed E-state index contributed by atoms with van der Waals surface area (Å²) >= 11 is 0. The summed E-state index contributed by atoms with van der Waals surface area (Å²) in [7, 11) is 0. The molecule has 0 spiro atoms. The van der Waals surface area contributed by atoms with Gasteiger partial charge < -0.3 is 14.6 Å². The van der Waals surface area contributed by atoms with Crippen LogP contribution in [0.25, 0.3) is 0 Å². The third kappa shape index (κ3) is 2.49. The fourth-order valence-corrected chi connectivity index (χ4v) is 2.48. The van der Waals surface area contributed by atoms with Crippen LogP contribution in [0, 0.1) is 0 Å². The van der Waals surface area contributed by atoms with E-state index in [9.17, 15) is 5.11 Å². The van der Waals surface area contributed by atoms with Gasteiger partial charge >= 0.3 is 0 Å². The van der Waals surface area contributed by atoms with Gasteiger partial charge in [-0.1, -0.05) is 18.2 Å². The minimum atomic E-state index is -0.614. The smallest absolute Gasteiger partial charge is 0.122 e. The van der Waals surface area contributed by atoms with Crippen LogP contribution in [0.5, 0.6) is 11.5 Å². The Hall–Kier alpha value is -2.00. The molecule has 1 atom stereocenters. The lowest BCUT2D eigenvalue weighted by molar-refractivity contribution is 0.220. The minimum absolute atomic E-state index is 0.614. The molecule has 0 saturated heterocycles. The Kier molecular flexibility index (Phi) is 3.61. The maximum Gasteiger partial charge on any atom is 0.122 e. The molecule has 0 amide bonds. The summed E-state index contributed by atoms with van der Waals surface area (Å²) in [4.78, 5) is 0. The Bertz CT molecular complexity index is 590. The molecule has 1 aliphatic rings. The van der Waals surface area contributed by atoms with Gasteiger partial charge in [-0.25, -0.2) is 0 Å². The van der Waals surface area contributed by atoms with Gasteiger partial charge in [-0.05, 0) is 47.9 Å². The number of aliphatic hydroxyl groups is 1. The van der Waals surface area contributed by atoms with E-state index in [1.165, 1.54) is 5.56 Å². The summed E-state index contributed by atoms with van der Waals surface area (Å²) in [5.74, 6) is 1.76. The molecule has 2 aromatic carbocycles. The van der Waals surface area contributed by atoms with Crippen LogP contribution in [-0.4, -0.2) is 18.3 Å². The quantitative estimate of drug-likeness (QED) is 0.927. The number of hydrogen-bond acceptors (Lipinski definition) is 3. The van der Waals surface area contributed by atoms with E-state index in [0.29, 0.717) is 6.61 Å². The molecule has 20 heavy (non-hydrogen) atoms. The van der Waals surface area contributed by atoms with Gasteiger partial charge in [0.15, 0.2) is 0 Å². The number of ether oxygens (including phenoxy) is 2. The Balaban J connectivity index is 1.82. The monoisotopic (exact) mass is 270 g/mol. The molecular weight excluding hydrogens is 252 g/mol. The van der Waals surface area contributed by atoms with Crippen molar-refractivity contribution in [2.75, 3.05) is 13.2 Å². The van der Waals surface area contributed by atoms with E-state index < -0.39 is 6.10 Å². The Morgan fingerprint density at radius 3 is 2.65 bits per heavy atom. The van der Waals surface area contributed by atoms with Crippen molar-refractivity contribution < 1.29 is 14.6 Å². The summed E-state index contributed by atoms with van der Waals surface area (Å²) in [5, 5.41) is 10.5. The predicted molar refractivity (Wildman–Crippen MR) is 77.3 cm³/mol. The highest BCUT2D eigenvalue weighted by Gasteiger charge is 2.16. The van der Waals surface area contributed by atoms with Crippen molar-refractivity contribution in [1.82, 2.24) is 0 Å². The highest BCUT2D eigenvalue weighted by atomic mass is 16.5. The second-order valence-electron chi connectivity index (χ2n) is 4.87. The second-order valence-corrected chi connectivity index (χ2v) is 4.87. The third-order valence-electron chi connectivity index (χ3n) is 3.54. The van der Waals surface area contributed by atoms with Crippen LogP contribution in [0.1, 0.15) is 29.7 Å². The topological polar surface area (TPSA) is 38.7 Å². The van der Waals surface area contributed by atoms with Gasteiger partial charge in [0.1, 0.15) is 17.6 Å². The molecule has 1 N–H and O–H groups in total. The van der Waals surface area contributed by atoms with Gasteiger partial charge in [0.05, 0.1) is 13.2 Å². The van der Waals surface area contributed by atoms with E-state index in [2.05, 4.69) is 0 Å². The molecule has 3 heteroatoms. The maximum atomic E-state index is 10.5. The van der Waals surface area contributed by atoms with Crippen molar-refractivity contribution in [3.8, 4) is 11.5 Å². The first-order valence-corrected chi connectivity index (χ1v) is 6.94. The molecule has 0 fully saturated rings. The molecule has 3 nitrogen and oxygen atoms in total. The van der Waals surface area contributed by atoms with Crippen molar-refractivity contribution in [2.24, 2.45) is 0 Å². The first-order valence-electron chi connectivity index (χ1n) is 6.94. The maximum absolute atomic E-state index is 10.5. The van der Waals surface area contributed by atoms with Gasteiger partial charge in [0, 0.05) is 6.42 Å². The molecular formula is C17H18O3. The van der Waals surface area contributed by atoms with E-state index in [1.54, 1.807) is 0 Å². The van der Waals surface area contributed by atoms with Gasteiger partial charge in [-0.15, -0.1) is 0 Å². The van der Waals surface area contributed by atoms with Crippen molar-refractivity contribution in [1.29, 1.82) is 0 Å². The first kappa shape index (κ1) is 13.0. The highest BCUT2D eigenvalue weighted by molar-refractivity contribution is 5.43. The standard InChI is InChI=1S/C17H18O3/c1-2-19-15-6-3-12(4-7-15)17(18)14-5-8-16-13(11-14)9-10-20-16/h3-8,11,17-18H,2,9-10H2,1H3. The summed E-state index contributed by atoms with van der Waals surface area (Å²) in [5.41, 5.74) is 2.94. The van der Waals surface area contributed by atoms with Gasteiger partial charge in [-0.2, -0.15) is 0 Å². The molecule has 0 aliphatic carbocycles. The van der Waals surface area contributed by atoms with Crippen LogP contribution in [0.15, 0.2) is 42.5 Å². The number of rotatable bonds is 4. The lowest BCUT2D eigenvalue weighted by Gasteiger charge is -2.13. The highest BCUT2D eigenvalue weighted by Crippen LogP contribution is 2.31. The molecule has 2 aromatic rings. The molecule has 0 radical (unpaired) electrons. The van der Waals surface area contributed by atoms with Crippen molar-refractivity contribution in [3.05, 3.63) is 59.2 Å². The zero-order valence-corrected chi connectivity index (χ0v) is 11.5. The zero-order valence-electron chi connectivity index (χ0n) is 11.5. The fraction of sp³-hybridized carbons (Fsp3) is 0.294. The van der Waals surface area contributed by atoms with Crippen LogP contribution in [0.4, 0.5) is 0 Å². The van der Waals surface area contributed by atoms with Crippen LogP contribution < -0.4 is 9.47 Å². The average Bonchev–Trinajstić information content (AvgIpc) is 2.95. The number of aliphatic hydroxyl groups excluding tert-OH is 1. The average molecular weight is 270 g/mol. The molecule has 1 heterocycles. The van der Waals surface area contributed by atoms with E-state index in [-0.39, 0.29) is 0 Å². The molecule has 104 valence electrons. The van der Waals surface area contributed by atoms with Gasteiger partial charge in [0.2, 0.25) is 0 Å². The number of fused-ring (bicyclic) bond motifs is 1. The lowest BCUT2D eigenvalue weighted by atomic mass is 9.99. The van der Waals surface area contributed by atoms with Crippen LogP contribution in [0.3, 0.4) is 0 Å². The Labute approximate surface area is 118 Å². The van der Waals surface area contributed by atoms with Crippen LogP contribution >= 0.6 is 0 Å². The van der Waals surface area contributed by atoms with Crippen molar-refractivity contribution in [3.63, 3.8) is 0 Å². The fourth-order valence-electron chi connectivity index (χ4n) is 2.48. The SMILES string of the molecule is CCOc1ccc(C(O)c2ccc3c(c2)CCO3)cc1. The number of hydrogen-bond donors (Lipinski definition) is 1. The van der Waals surface area contributed by atoms with Crippen LogP contribution in [-0.2, 0) is 6.42 Å². The van der Waals surface area contributed by atoms with E-state index >= 15 is 0 Å². The summed E-state index contributed by atoms with van der Waals surface area (Å²) in [6, 6.07) is 13.5. The number of benzene rings is 2. The first-order chi connectivity index (χ1) is 9.78. The van der Waals surface area contributed by atoms with Crippen molar-refractivity contribution in [2.45, 2.75) is 19.4 Å². The molecule has 1 aliphatic heterocycles. The summed E-state index contributed by atoms with van der Waals surface area (Å²) in [6.45, 7) is 3.33. The Morgan fingerprint density at radius 2 is 1.90 bits per heavy atom. The summed E-state index contributed by atoms with van der Waals surface area (Å²) in [6.07, 6.45) is 0.302. The summed E-state index contributed by atoms with van der Waals surface area (Å²) < 4.78 is 10.9. The van der Waals surface area contributed by atoms with Crippen molar-refractivity contribution >= 4 is 0 Å². The van der Waals surface area contributed by atoms with Gasteiger partial charge in [-0.3, -0.25) is 0 Å². The molecule has 3 rings (SSSR count). The second kappa shape index (κ2) is 5.55. The zero-order chi connectivity index (χ0) is 13.9. The normalized spacial score (nSPS) is 14.5. The van der Waals surface area contributed by atoms with Crippen LogP contribution in [0.2, 0.25) is 0 Å². The molecule has 0 aromatic heterocycles. The molecule has 0 saturated carbocycles. The third-order valence-corrected chi connectivity index (χ3v) is 3.54. The molecule has 1 unspecified atom stereocenters. The van der Waals surface area contributed by atoms with Gasteiger partial charge in [0.25, 0.3) is 0 Å². The minimum Gasteiger partial charge on any atom is -0.494 e. The van der Waals surface area contributed by atoms with E-state index in [0.717, 1.165) is 35.7 Å².